The van der Waals surface area contributed by atoms with E-state index in [1.54, 1.807) is 24.5 Å². The van der Waals surface area contributed by atoms with Gasteiger partial charge in [-0.15, -0.1) is 0 Å². The van der Waals surface area contributed by atoms with Crippen LogP contribution in [0.1, 0.15) is 198 Å². The van der Waals surface area contributed by atoms with Gasteiger partial charge in [-0.2, -0.15) is 52.7 Å². The summed E-state index contributed by atoms with van der Waals surface area (Å²) in [5.74, 6) is 2.78. The molecule has 0 spiro atoms. The quantitative estimate of drug-likeness (QED) is 0.00902. The Balaban J connectivity index is 0.000000306. The fourth-order valence-electron chi connectivity index (χ4n) is 16.4. The standard InChI is InChI=1S/C33H44F6N7O9P.C31H44F3N6O8P.C27H36F3N6O8P/c1-7-31-18-52-23(24(31)55-56(53-16-15-40-6)46(19(2)3)20(4)5)27(54-31)45-17-21(25(47)44-30(45)51)11-10-14-41-26(48)22(43-29(50)33(37,38)39)12-8-9-13-42-28(49)32(34,35)36;1-9-30-17-45-23(24(30)48-49(46-14-13-35-8)40(19(4)5)20(6)7)27(47-30)39-16-21(25(41)38-29(39)44)11-10-12-36-26(42)22(15-18(2)3)37-28(43)31(32,33)34;1-7-26-15-41-20(21(26)44-45(42-12-11-31-6)36(16(2)3)17(4)5)23(43-26)35-14-18(22(38)34-25(35)40)9-8-10-32-19(37)13-33-24(39)27(28,29)30/h17,19-20,22-24,27H,7-9,12-16,18H2,1-5H3,(H,41,48)(H,42,49)(H,43,50)(H,44,47,51);16,18-20,22-24,27H,9,12-15,17H2,1-7H3,(H,36,42)(H,37,43)(H,38,41,44);14,16-17,20-21,23H,7,10-13,15H2,1-5H3,(H,32,37)(H,33,39)(H,34,38,40)/t22-,23-,24?,27+,31-,56?;22-,23-,24?,27+,30-,49?;20-,21?,23+,26-,45?/m000/s1. The lowest BCUT2D eigenvalue weighted by molar-refractivity contribution is -0.175. The number of amides is 7. The van der Waals surface area contributed by atoms with Crippen molar-refractivity contribution in [1.82, 2.24) is 79.9 Å². The summed E-state index contributed by atoms with van der Waals surface area (Å²) in [6.07, 6.45) is -24.3. The maximum Gasteiger partial charge on any atom is 0.471 e. The highest BCUT2D eigenvalue weighted by Crippen LogP contribution is 2.60. The van der Waals surface area contributed by atoms with Crippen LogP contribution in [-0.4, -0.2) is 302 Å². The highest BCUT2D eigenvalue weighted by molar-refractivity contribution is 7.45. The molecule has 0 aromatic carbocycles. The number of aromatic nitrogens is 6. The number of halogens is 12. The molecular weight excluding hydrogens is 2080 g/mol. The molecule has 832 valence electrons. The van der Waals surface area contributed by atoms with Gasteiger partial charge < -0.3 is 107 Å². The molecule has 6 bridgehead atoms. The molecule has 0 aliphatic carbocycles. The second kappa shape index (κ2) is 56.3. The first kappa shape index (κ1) is 126. The van der Waals surface area contributed by atoms with Crippen molar-refractivity contribution < 1.29 is 142 Å². The number of hydrogen-bond acceptors (Lipinski definition) is 28. The molecule has 3 aromatic heterocycles. The van der Waals surface area contributed by atoms with Gasteiger partial charge in [0.05, 0.1) is 46.0 Å². The van der Waals surface area contributed by atoms with Gasteiger partial charge in [0.1, 0.15) is 102 Å². The van der Waals surface area contributed by atoms with E-state index in [0.29, 0.717) is 19.3 Å². The summed E-state index contributed by atoms with van der Waals surface area (Å²) in [6.45, 7) is 53.0. The summed E-state index contributed by atoms with van der Waals surface area (Å²) in [7, 11) is -5.06. The van der Waals surface area contributed by atoms with Crippen LogP contribution in [0, 0.1) is 61.2 Å². The number of fused-ring (bicyclic) bond motifs is 6. The summed E-state index contributed by atoms with van der Waals surface area (Å²) in [5, 5.41) is 13.0. The Morgan fingerprint density at radius 2 is 0.733 bits per heavy atom. The van der Waals surface area contributed by atoms with Crippen molar-refractivity contribution >= 4 is 66.9 Å². The Kier molecular flexibility index (Phi) is 47.3. The maximum absolute atomic E-state index is 13.1. The zero-order valence-electron chi connectivity index (χ0n) is 85.1. The third-order valence-corrected chi connectivity index (χ3v) is 29.7. The number of nitrogens with zero attached hydrogens (tertiary/aromatic N) is 9. The molecule has 6 unspecified atom stereocenters. The molecule has 9 heterocycles. The van der Waals surface area contributed by atoms with E-state index in [1.165, 1.54) is 23.0 Å². The number of carbonyl (C=O) groups is 7. The number of alkyl halides is 12. The average molecular weight is 2200 g/mol. The van der Waals surface area contributed by atoms with Gasteiger partial charge in [-0.3, -0.25) is 76.6 Å². The fraction of sp³-hybridized carbons (Fsp3) is 0.692. The molecule has 6 aliphatic heterocycles. The van der Waals surface area contributed by atoms with Gasteiger partial charge in [-0.1, -0.05) is 70.1 Å². The number of hydrogen-bond donors (Lipinski definition) is 10. The van der Waals surface area contributed by atoms with Crippen LogP contribution in [-0.2, 0) is 89.1 Å². The number of unbranched alkanes of at least 4 members (excludes halogenated alkanes) is 1. The monoisotopic (exact) mass is 2200 g/mol. The Hall–Kier alpha value is -10.7. The molecule has 7 amide bonds. The van der Waals surface area contributed by atoms with E-state index in [0.717, 1.165) is 19.9 Å². The smallest absolute Gasteiger partial charge is 0.368 e. The van der Waals surface area contributed by atoms with Crippen molar-refractivity contribution in [2.24, 2.45) is 5.92 Å². The van der Waals surface area contributed by atoms with Gasteiger partial charge in [0, 0.05) is 61.4 Å². The molecule has 6 aliphatic rings. The molecule has 0 saturated carbocycles. The SMILES string of the molecule is [C-]#[N+]CCOP(OC1[C@@H]2OC[C@]1(CC)O[C@H]2n1cc(C#CCNC(=O)CNC(=O)C(F)(F)F)c(=O)[nH]c1=O)N(C(C)C)C(C)C.[C-]#[N+]CCOP(OC1[C@@H]2OC[C@]1(CC)O[C@H]2n1cc(C#CCNC(=O)[C@H](CC(C)C)NC(=O)C(F)(F)F)c(=O)[nH]c1=O)N(C(C)C)C(C)C.[C-]#[N+]CCOP(OC1[C@@H]2OC[C@]1(CC)O[C@H]2n1cc(C#CCNC(=O)[C@H](CCCCNC(=O)C(F)(F)F)NC(=O)C(F)(F)F)c(=O)[nH]c1=O)N(C(C)C)C(C)C. The van der Waals surface area contributed by atoms with Crippen molar-refractivity contribution in [3.05, 3.63) is 132 Å². The Bertz CT molecular complexity index is 5850. The molecule has 0 radical (unpaired) electrons. The van der Waals surface area contributed by atoms with Gasteiger partial charge in [-0.25, -0.2) is 48.1 Å². The minimum absolute atomic E-state index is 0.00392. The molecular formula is C91H124F12N19O25P3. The third kappa shape index (κ3) is 33.9. The molecule has 3 aromatic rings. The van der Waals surface area contributed by atoms with E-state index in [4.69, 9.17) is 75.3 Å². The molecule has 59 heteroatoms. The summed E-state index contributed by atoms with van der Waals surface area (Å²) < 4.78 is 236. The minimum atomic E-state index is -5.35. The summed E-state index contributed by atoms with van der Waals surface area (Å²) in [4.78, 5) is 175. The predicted molar refractivity (Wildman–Crippen MR) is 514 cm³/mol. The molecule has 6 saturated heterocycles. The zero-order valence-corrected chi connectivity index (χ0v) is 87.8. The van der Waals surface area contributed by atoms with Crippen LogP contribution < -0.4 is 71.0 Å². The van der Waals surface area contributed by atoms with E-state index in [2.05, 4.69) is 90.3 Å². The number of H-pyrrole nitrogens is 3. The summed E-state index contributed by atoms with van der Waals surface area (Å²) in [6, 6.07) is -3.07. The first-order chi connectivity index (χ1) is 70.3. The molecule has 44 nitrogen and oxygen atoms in total. The predicted octanol–water partition coefficient (Wildman–Crippen LogP) is 6.91. The van der Waals surface area contributed by atoms with Crippen molar-refractivity contribution in [3.8, 4) is 35.5 Å². The minimum Gasteiger partial charge on any atom is -0.368 e. The molecule has 17 atom stereocenters. The van der Waals surface area contributed by atoms with Crippen LogP contribution >= 0.6 is 25.6 Å². The fourth-order valence-corrected chi connectivity index (χ4v) is 21.8. The van der Waals surface area contributed by atoms with Crippen molar-refractivity contribution in [1.29, 1.82) is 0 Å². The lowest BCUT2D eigenvalue weighted by atomic mass is 9.96. The van der Waals surface area contributed by atoms with E-state index in [9.17, 15) is 115 Å². The Labute approximate surface area is 858 Å². The van der Waals surface area contributed by atoms with Crippen molar-refractivity contribution in [2.75, 3.05) is 92.0 Å². The summed E-state index contributed by atoms with van der Waals surface area (Å²) in [5.41, 5.74) is -8.41. The van der Waals surface area contributed by atoms with Crippen molar-refractivity contribution in [3.63, 3.8) is 0 Å². The normalized spacial score (nSPS) is 22.5. The van der Waals surface area contributed by atoms with Gasteiger partial charge in [0.15, 0.2) is 18.7 Å². The maximum atomic E-state index is 13.1. The van der Waals surface area contributed by atoms with Gasteiger partial charge >= 0.3 is 65.4 Å². The van der Waals surface area contributed by atoms with Gasteiger partial charge in [0.2, 0.25) is 37.4 Å². The number of rotatable bonds is 46. The van der Waals surface area contributed by atoms with Crippen LogP contribution in [0.15, 0.2) is 47.4 Å². The van der Waals surface area contributed by atoms with Crippen LogP contribution in [0.25, 0.3) is 14.5 Å². The van der Waals surface area contributed by atoms with Crippen LogP contribution in [0.2, 0.25) is 0 Å². The van der Waals surface area contributed by atoms with Gasteiger partial charge in [0.25, 0.3) is 42.3 Å². The molecule has 9 rings (SSSR count). The van der Waals surface area contributed by atoms with Crippen LogP contribution in [0.5, 0.6) is 0 Å². The van der Waals surface area contributed by atoms with E-state index >= 15 is 0 Å². The topological polar surface area (TPSA) is 502 Å². The number of aromatic amines is 3. The third-order valence-electron chi connectivity index (χ3n) is 23.3. The Morgan fingerprint density at radius 1 is 0.440 bits per heavy atom. The zero-order chi connectivity index (χ0) is 112. The lowest BCUT2D eigenvalue weighted by Crippen LogP contribution is -2.51. The number of carbonyl (C=O) groups excluding carboxylic acids is 7. The first-order valence-corrected chi connectivity index (χ1v) is 51.0. The molecule has 10 N–H and O–H groups in total. The first-order valence-electron chi connectivity index (χ1n) is 47.6. The van der Waals surface area contributed by atoms with E-state index in [1.807, 2.05) is 109 Å². The average Bonchev–Trinajstić information content (AvgIpc) is 1.58. The largest absolute Gasteiger partial charge is 0.471 e. The van der Waals surface area contributed by atoms with E-state index in [-0.39, 0.29) is 150 Å². The molecule has 150 heavy (non-hydrogen) atoms. The van der Waals surface area contributed by atoms with Gasteiger partial charge in [-0.05, 0) is 134 Å². The molecule has 6 fully saturated rings. The highest BCUT2D eigenvalue weighted by atomic mass is 31.2. The lowest BCUT2D eigenvalue weighted by Gasteiger charge is -2.38. The highest BCUT2D eigenvalue weighted by Gasteiger charge is 2.67. The number of ether oxygens (including phenoxy) is 6. The van der Waals surface area contributed by atoms with Crippen LogP contribution in [0.4, 0.5) is 52.7 Å². The van der Waals surface area contributed by atoms with Crippen molar-refractivity contribution in [2.45, 2.75) is 308 Å². The van der Waals surface area contributed by atoms with E-state index < -0.39 is 236 Å². The number of nitrogens with one attached hydrogen (secondary N) is 10. The summed E-state index contributed by atoms with van der Waals surface area (Å²) >= 11 is 0. The van der Waals surface area contributed by atoms with Crippen LogP contribution in [0.3, 0.4) is 0 Å². The second-order valence-electron chi connectivity index (χ2n) is 36.6. The second-order valence-corrected chi connectivity index (χ2v) is 40.8. The Morgan fingerprint density at radius 3 is 1.02 bits per heavy atom.